The first-order valence-corrected chi connectivity index (χ1v) is 8.74. The summed E-state index contributed by atoms with van der Waals surface area (Å²) in [5, 5.41) is 0. The van der Waals surface area contributed by atoms with Crippen molar-refractivity contribution in [2.24, 2.45) is 17.8 Å². The van der Waals surface area contributed by atoms with Crippen LogP contribution >= 0.6 is 0 Å². The Balaban J connectivity index is 1.56. The van der Waals surface area contributed by atoms with E-state index in [0.29, 0.717) is 17.7 Å². The van der Waals surface area contributed by atoms with Gasteiger partial charge in [-0.3, -0.25) is 4.79 Å². The van der Waals surface area contributed by atoms with E-state index in [9.17, 15) is 4.79 Å². The average Bonchev–Trinajstić information content (AvgIpc) is 3.37. The first-order chi connectivity index (χ1) is 10.1. The molecule has 1 amide bonds. The molecule has 0 aliphatic heterocycles. The molecule has 1 unspecified atom stereocenters. The van der Waals surface area contributed by atoms with Crippen LogP contribution in [0.2, 0.25) is 0 Å². The molecule has 3 aliphatic carbocycles. The van der Waals surface area contributed by atoms with Crippen molar-refractivity contribution in [3.63, 3.8) is 0 Å². The topological polar surface area (TPSA) is 20.3 Å². The molecular formula is C19H29NO. The number of nitrogens with zero attached hydrogens (tertiary/aromatic N) is 1. The fraction of sp³-hybridized carbons (Fsp3) is 0.737. The van der Waals surface area contributed by atoms with Gasteiger partial charge in [0.15, 0.2) is 0 Å². The molecule has 3 rings (SSSR count). The van der Waals surface area contributed by atoms with Gasteiger partial charge in [-0.1, -0.05) is 23.3 Å². The minimum Gasteiger partial charge on any atom is -0.338 e. The molecule has 0 saturated heterocycles. The monoisotopic (exact) mass is 287 g/mol. The summed E-state index contributed by atoms with van der Waals surface area (Å²) in [6, 6.07) is 0. The summed E-state index contributed by atoms with van der Waals surface area (Å²) >= 11 is 0. The minimum atomic E-state index is 0.359. The number of allylic oxidation sites excluding steroid dienone is 3. The quantitative estimate of drug-likeness (QED) is 0.666. The summed E-state index contributed by atoms with van der Waals surface area (Å²) in [4.78, 5) is 14.5. The van der Waals surface area contributed by atoms with Crippen LogP contribution in [0.15, 0.2) is 23.3 Å². The van der Waals surface area contributed by atoms with Crippen molar-refractivity contribution >= 4 is 5.91 Å². The Kier molecular flexibility index (Phi) is 4.51. The lowest BCUT2D eigenvalue weighted by Crippen LogP contribution is -2.34. The largest absolute Gasteiger partial charge is 0.338 e. The highest BCUT2D eigenvalue weighted by Gasteiger charge is 2.35. The van der Waals surface area contributed by atoms with Crippen molar-refractivity contribution in [1.29, 1.82) is 0 Å². The zero-order chi connectivity index (χ0) is 14.8. The zero-order valence-corrected chi connectivity index (χ0v) is 13.6. The van der Waals surface area contributed by atoms with Gasteiger partial charge in [0.05, 0.1) is 0 Å². The van der Waals surface area contributed by atoms with Crippen LogP contribution in [0.4, 0.5) is 0 Å². The minimum absolute atomic E-state index is 0.359. The molecule has 0 aromatic rings. The maximum Gasteiger partial charge on any atom is 0.225 e. The Morgan fingerprint density at radius 2 is 2.00 bits per heavy atom. The van der Waals surface area contributed by atoms with Gasteiger partial charge in [-0.2, -0.15) is 0 Å². The number of hydrogen-bond acceptors (Lipinski definition) is 1. The smallest absolute Gasteiger partial charge is 0.225 e. The normalized spacial score (nSPS) is 26.5. The fourth-order valence-corrected chi connectivity index (χ4v) is 3.25. The molecule has 0 heterocycles. The van der Waals surface area contributed by atoms with E-state index in [1.807, 2.05) is 0 Å². The number of carbonyl (C=O) groups is 1. The van der Waals surface area contributed by atoms with Gasteiger partial charge in [-0.05, 0) is 70.6 Å². The first kappa shape index (κ1) is 14.9. The van der Waals surface area contributed by atoms with E-state index in [0.717, 1.165) is 31.8 Å². The van der Waals surface area contributed by atoms with Crippen LogP contribution in [0, 0.1) is 17.8 Å². The van der Waals surface area contributed by atoms with Crippen molar-refractivity contribution in [3.8, 4) is 0 Å². The van der Waals surface area contributed by atoms with Crippen LogP contribution in [0.5, 0.6) is 0 Å². The second-order valence-electron chi connectivity index (χ2n) is 7.43. The Hall–Kier alpha value is -1.05. The highest BCUT2D eigenvalue weighted by Crippen LogP contribution is 2.35. The van der Waals surface area contributed by atoms with Crippen LogP contribution < -0.4 is 0 Å². The third-order valence-corrected chi connectivity index (χ3v) is 5.33. The van der Waals surface area contributed by atoms with E-state index >= 15 is 0 Å². The number of carbonyl (C=O) groups excluding carboxylic acids is 1. The molecular weight excluding hydrogens is 258 g/mol. The Morgan fingerprint density at radius 1 is 1.24 bits per heavy atom. The maximum atomic E-state index is 12.4. The van der Waals surface area contributed by atoms with E-state index in [2.05, 4.69) is 30.9 Å². The predicted molar refractivity (Wildman–Crippen MR) is 86.9 cm³/mol. The van der Waals surface area contributed by atoms with Gasteiger partial charge >= 0.3 is 0 Å². The van der Waals surface area contributed by atoms with Crippen LogP contribution in [0.1, 0.15) is 58.8 Å². The third-order valence-electron chi connectivity index (χ3n) is 5.33. The number of amides is 1. The predicted octanol–water partition coefficient (Wildman–Crippen LogP) is 4.33. The Labute approximate surface area is 129 Å². The van der Waals surface area contributed by atoms with Gasteiger partial charge < -0.3 is 4.90 Å². The molecule has 2 fully saturated rings. The summed E-state index contributed by atoms with van der Waals surface area (Å²) in [7, 11) is 0. The second kappa shape index (κ2) is 6.37. The molecule has 2 nitrogen and oxygen atoms in total. The molecule has 0 aromatic heterocycles. The maximum absolute atomic E-state index is 12.4. The molecule has 2 saturated carbocycles. The second-order valence-corrected chi connectivity index (χ2v) is 7.43. The summed E-state index contributed by atoms with van der Waals surface area (Å²) in [6.45, 7) is 6.34. The molecule has 0 bridgehead atoms. The molecule has 3 aliphatic rings. The number of rotatable bonds is 6. The van der Waals surface area contributed by atoms with Gasteiger partial charge in [0.25, 0.3) is 0 Å². The van der Waals surface area contributed by atoms with E-state index in [4.69, 9.17) is 0 Å². The Bertz CT molecular complexity index is 454. The lowest BCUT2D eigenvalue weighted by Gasteiger charge is -2.24. The van der Waals surface area contributed by atoms with Crippen molar-refractivity contribution in [1.82, 2.24) is 4.90 Å². The lowest BCUT2D eigenvalue weighted by molar-refractivity contribution is -0.132. The molecule has 1 atom stereocenters. The van der Waals surface area contributed by atoms with Gasteiger partial charge in [-0.15, -0.1) is 0 Å². The van der Waals surface area contributed by atoms with Crippen LogP contribution in [-0.2, 0) is 4.79 Å². The van der Waals surface area contributed by atoms with E-state index < -0.39 is 0 Å². The average molecular weight is 287 g/mol. The summed E-state index contributed by atoms with van der Waals surface area (Å²) in [6.07, 6.45) is 13.3. The third kappa shape index (κ3) is 4.21. The van der Waals surface area contributed by atoms with Crippen LogP contribution in [-0.4, -0.2) is 23.9 Å². The van der Waals surface area contributed by atoms with Crippen molar-refractivity contribution in [3.05, 3.63) is 23.3 Å². The van der Waals surface area contributed by atoms with Crippen molar-refractivity contribution in [2.45, 2.75) is 58.8 Å². The summed E-state index contributed by atoms with van der Waals surface area (Å²) < 4.78 is 0. The molecule has 0 radical (unpaired) electrons. The molecule has 0 aromatic carbocycles. The highest BCUT2D eigenvalue weighted by atomic mass is 16.2. The summed E-state index contributed by atoms with van der Waals surface area (Å²) in [5.74, 6) is 2.28. The molecule has 116 valence electrons. The SMILES string of the molecule is CC1=CCC(/C(C)=C\CN(CC2CC2)C(=O)C2CC2)CC1. The molecule has 2 heteroatoms. The highest BCUT2D eigenvalue weighted by molar-refractivity contribution is 5.81. The molecule has 0 N–H and O–H groups in total. The molecule has 21 heavy (non-hydrogen) atoms. The van der Waals surface area contributed by atoms with Crippen LogP contribution in [0.25, 0.3) is 0 Å². The van der Waals surface area contributed by atoms with Gasteiger partial charge in [0, 0.05) is 19.0 Å². The summed E-state index contributed by atoms with van der Waals surface area (Å²) in [5.41, 5.74) is 3.03. The van der Waals surface area contributed by atoms with E-state index in [1.165, 1.54) is 37.7 Å². The zero-order valence-electron chi connectivity index (χ0n) is 13.6. The Morgan fingerprint density at radius 3 is 2.57 bits per heavy atom. The first-order valence-electron chi connectivity index (χ1n) is 8.74. The van der Waals surface area contributed by atoms with Gasteiger partial charge in [-0.25, -0.2) is 0 Å². The fourth-order valence-electron chi connectivity index (χ4n) is 3.25. The van der Waals surface area contributed by atoms with E-state index in [1.54, 1.807) is 5.57 Å². The van der Waals surface area contributed by atoms with Gasteiger partial charge in [0.1, 0.15) is 0 Å². The number of hydrogen-bond donors (Lipinski definition) is 0. The van der Waals surface area contributed by atoms with Gasteiger partial charge in [0.2, 0.25) is 5.91 Å². The van der Waals surface area contributed by atoms with Crippen molar-refractivity contribution in [2.75, 3.05) is 13.1 Å². The van der Waals surface area contributed by atoms with Crippen molar-refractivity contribution < 1.29 is 4.79 Å². The van der Waals surface area contributed by atoms with E-state index in [-0.39, 0.29) is 0 Å². The standard InChI is InChI=1S/C19H29NO/c1-14-3-7-17(8-4-14)15(2)11-12-20(13-16-5-6-16)19(21)18-9-10-18/h3,11,16-18H,4-10,12-13H2,1-2H3/b15-11-. The van der Waals surface area contributed by atoms with Crippen LogP contribution in [0.3, 0.4) is 0 Å². The lowest BCUT2D eigenvalue weighted by atomic mass is 9.85. The molecule has 0 spiro atoms.